The quantitative estimate of drug-likeness (QED) is 0.840. The number of rotatable bonds is 5. The van der Waals surface area contributed by atoms with Gasteiger partial charge in [-0.1, -0.05) is 6.07 Å². The van der Waals surface area contributed by atoms with Gasteiger partial charge in [0.2, 0.25) is 0 Å². The van der Waals surface area contributed by atoms with Crippen LogP contribution in [0.5, 0.6) is 11.5 Å². The molecule has 1 aliphatic rings. The van der Waals surface area contributed by atoms with Gasteiger partial charge in [0.1, 0.15) is 0 Å². The molecule has 2 rings (SSSR count). The van der Waals surface area contributed by atoms with Crippen LogP contribution in [0.25, 0.3) is 0 Å². The average molecular weight is 251 g/mol. The highest BCUT2D eigenvalue weighted by Gasteiger charge is 2.19. The van der Waals surface area contributed by atoms with E-state index in [0.717, 1.165) is 24.2 Å². The molecule has 18 heavy (non-hydrogen) atoms. The van der Waals surface area contributed by atoms with Crippen LogP contribution in [0.1, 0.15) is 37.3 Å². The maximum atomic E-state index is 9.05. The summed E-state index contributed by atoms with van der Waals surface area (Å²) in [5.41, 5.74) is 6.64. The van der Waals surface area contributed by atoms with Gasteiger partial charge in [-0.2, -0.15) is 0 Å². The van der Waals surface area contributed by atoms with E-state index >= 15 is 0 Å². The van der Waals surface area contributed by atoms with Gasteiger partial charge < -0.3 is 20.3 Å². The van der Waals surface area contributed by atoms with Crippen molar-refractivity contribution in [3.05, 3.63) is 23.8 Å². The zero-order valence-electron chi connectivity index (χ0n) is 10.8. The summed E-state index contributed by atoms with van der Waals surface area (Å²) >= 11 is 0. The molecule has 0 radical (unpaired) electrons. The summed E-state index contributed by atoms with van der Waals surface area (Å²) in [7, 11) is 1.62. The lowest BCUT2D eigenvalue weighted by molar-refractivity contribution is 0.200. The molecule has 1 unspecified atom stereocenters. The summed E-state index contributed by atoms with van der Waals surface area (Å²) in [4.78, 5) is 0. The minimum atomic E-state index is -0.376. The molecule has 1 aromatic carbocycles. The molecule has 0 bridgehead atoms. The summed E-state index contributed by atoms with van der Waals surface area (Å²) in [6.07, 6.45) is 5.00. The van der Waals surface area contributed by atoms with Gasteiger partial charge in [-0.05, 0) is 43.4 Å². The predicted octanol–water partition coefficient (Wildman–Crippen LogP) is 2.01. The third-order valence-corrected chi connectivity index (χ3v) is 3.41. The normalized spacial score (nSPS) is 17.7. The van der Waals surface area contributed by atoms with E-state index in [0.29, 0.717) is 11.9 Å². The fourth-order valence-corrected chi connectivity index (χ4v) is 2.30. The van der Waals surface area contributed by atoms with Crippen molar-refractivity contribution in [2.45, 2.75) is 37.8 Å². The molecule has 0 aromatic heterocycles. The number of aliphatic hydroxyl groups is 1. The van der Waals surface area contributed by atoms with E-state index in [1.165, 1.54) is 12.8 Å². The summed E-state index contributed by atoms with van der Waals surface area (Å²) in [6.45, 7) is -0.0774. The standard InChI is InChI=1S/C14H21NO3/c1-17-14-8-10(12(15)9-16)6-7-13(14)18-11-4-2-3-5-11/h6-8,11-12,16H,2-5,9,15H2,1H3. The fourth-order valence-electron chi connectivity index (χ4n) is 2.30. The predicted molar refractivity (Wildman–Crippen MR) is 69.9 cm³/mol. The van der Waals surface area contributed by atoms with Crippen LogP contribution in [0.4, 0.5) is 0 Å². The summed E-state index contributed by atoms with van der Waals surface area (Å²) < 4.78 is 11.3. The molecule has 0 heterocycles. The van der Waals surface area contributed by atoms with E-state index in [-0.39, 0.29) is 12.6 Å². The number of hydrogen-bond donors (Lipinski definition) is 2. The summed E-state index contributed by atoms with van der Waals surface area (Å²) in [5, 5.41) is 9.05. The van der Waals surface area contributed by atoms with Gasteiger partial charge in [0.15, 0.2) is 11.5 Å². The molecule has 1 fully saturated rings. The molecule has 4 heteroatoms. The first kappa shape index (κ1) is 13.2. The zero-order valence-corrected chi connectivity index (χ0v) is 10.8. The van der Waals surface area contributed by atoms with Crippen molar-refractivity contribution < 1.29 is 14.6 Å². The second kappa shape index (κ2) is 6.07. The average Bonchev–Trinajstić information content (AvgIpc) is 2.91. The molecular weight excluding hydrogens is 230 g/mol. The maximum absolute atomic E-state index is 9.05. The number of methoxy groups -OCH3 is 1. The molecule has 1 saturated carbocycles. The highest BCUT2D eigenvalue weighted by atomic mass is 16.5. The molecule has 3 N–H and O–H groups in total. The smallest absolute Gasteiger partial charge is 0.161 e. The molecule has 0 saturated heterocycles. The van der Waals surface area contributed by atoms with Crippen LogP contribution < -0.4 is 15.2 Å². The van der Waals surface area contributed by atoms with E-state index in [1.807, 2.05) is 18.2 Å². The van der Waals surface area contributed by atoms with Crippen molar-refractivity contribution in [1.82, 2.24) is 0 Å². The molecule has 100 valence electrons. The molecule has 1 atom stereocenters. The highest BCUT2D eigenvalue weighted by molar-refractivity contribution is 5.44. The van der Waals surface area contributed by atoms with E-state index < -0.39 is 0 Å². The lowest BCUT2D eigenvalue weighted by Gasteiger charge is -2.17. The van der Waals surface area contributed by atoms with E-state index in [2.05, 4.69) is 0 Å². The van der Waals surface area contributed by atoms with Crippen molar-refractivity contribution in [3.8, 4) is 11.5 Å². The van der Waals surface area contributed by atoms with Crippen LogP contribution in [0.15, 0.2) is 18.2 Å². The number of hydrogen-bond acceptors (Lipinski definition) is 4. The molecule has 4 nitrogen and oxygen atoms in total. The van der Waals surface area contributed by atoms with Gasteiger partial charge in [0.25, 0.3) is 0 Å². The van der Waals surface area contributed by atoms with Crippen molar-refractivity contribution in [2.75, 3.05) is 13.7 Å². The van der Waals surface area contributed by atoms with Crippen LogP contribution in [0.3, 0.4) is 0 Å². The minimum absolute atomic E-state index is 0.0774. The van der Waals surface area contributed by atoms with Crippen molar-refractivity contribution in [1.29, 1.82) is 0 Å². The third kappa shape index (κ3) is 2.94. The van der Waals surface area contributed by atoms with Gasteiger partial charge in [-0.25, -0.2) is 0 Å². The first-order valence-electron chi connectivity index (χ1n) is 6.45. The highest BCUT2D eigenvalue weighted by Crippen LogP contribution is 2.33. The molecule has 0 aliphatic heterocycles. The fraction of sp³-hybridized carbons (Fsp3) is 0.571. The van der Waals surface area contributed by atoms with E-state index in [4.69, 9.17) is 20.3 Å². The third-order valence-electron chi connectivity index (χ3n) is 3.41. The minimum Gasteiger partial charge on any atom is -0.493 e. The van der Waals surface area contributed by atoms with Crippen molar-refractivity contribution in [3.63, 3.8) is 0 Å². The molecule has 0 amide bonds. The lowest BCUT2D eigenvalue weighted by Crippen LogP contribution is -2.15. The number of aliphatic hydroxyl groups excluding tert-OH is 1. The van der Waals surface area contributed by atoms with Crippen LogP contribution in [-0.2, 0) is 0 Å². The second-order valence-corrected chi connectivity index (χ2v) is 4.72. The van der Waals surface area contributed by atoms with Gasteiger partial charge in [-0.15, -0.1) is 0 Å². The number of nitrogens with two attached hydrogens (primary N) is 1. The first-order chi connectivity index (χ1) is 8.74. The van der Waals surface area contributed by atoms with Gasteiger partial charge in [-0.3, -0.25) is 0 Å². The van der Waals surface area contributed by atoms with Crippen LogP contribution in [0.2, 0.25) is 0 Å². The zero-order chi connectivity index (χ0) is 13.0. The lowest BCUT2D eigenvalue weighted by atomic mass is 10.1. The Kier molecular flexibility index (Phi) is 4.44. The number of benzene rings is 1. The Bertz CT molecular complexity index is 389. The van der Waals surface area contributed by atoms with Gasteiger partial charge in [0.05, 0.1) is 25.9 Å². The molecule has 1 aromatic rings. The summed E-state index contributed by atoms with van der Waals surface area (Å²) in [5.74, 6) is 1.45. The first-order valence-corrected chi connectivity index (χ1v) is 6.45. The van der Waals surface area contributed by atoms with Crippen molar-refractivity contribution in [2.24, 2.45) is 5.73 Å². The Labute approximate surface area is 108 Å². The Morgan fingerprint density at radius 2 is 2.06 bits per heavy atom. The molecular formula is C14H21NO3. The molecule has 0 spiro atoms. The Hall–Kier alpha value is -1.26. The Morgan fingerprint density at radius 1 is 1.33 bits per heavy atom. The van der Waals surface area contributed by atoms with Crippen LogP contribution >= 0.6 is 0 Å². The monoisotopic (exact) mass is 251 g/mol. The van der Waals surface area contributed by atoms with E-state index in [1.54, 1.807) is 7.11 Å². The maximum Gasteiger partial charge on any atom is 0.161 e. The van der Waals surface area contributed by atoms with Gasteiger partial charge >= 0.3 is 0 Å². The Balaban J connectivity index is 2.14. The van der Waals surface area contributed by atoms with E-state index in [9.17, 15) is 0 Å². The second-order valence-electron chi connectivity index (χ2n) is 4.72. The van der Waals surface area contributed by atoms with Crippen LogP contribution in [0, 0.1) is 0 Å². The summed E-state index contributed by atoms with van der Waals surface area (Å²) in [6, 6.07) is 5.22. The Morgan fingerprint density at radius 3 is 2.67 bits per heavy atom. The van der Waals surface area contributed by atoms with Crippen LogP contribution in [-0.4, -0.2) is 24.9 Å². The van der Waals surface area contributed by atoms with Crippen molar-refractivity contribution >= 4 is 0 Å². The topological polar surface area (TPSA) is 64.7 Å². The SMILES string of the molecule is COc1cc(C(N)CO)ccc1OC1CCCC1. The number of ether oxygens (including phenoxy) is 2. The van der Waals surface area contributed by atoms with Gasteiger partial charge in [0, 0.05) is 0 Å². The largest absolute Gasteiger partial charge is 0.493 e. The molecule has 1 aliphatic carbocycles.